The Morgan fingerprint density at radius 3 is 2.63 bits per heavy atom. The van der Waals surface area contributed by atoms with E-state index in [0.29, 0.717) is 33.5 Å². The van der Waals surface area contributed by atoms with E-state index in [9.17, 15) is 9.59 Å². The van der Waals surface area contributed by atoms with Crippen LogP contribution in [0.1, 0.15) is 62.9 Å². The third kappa shape index (κ3) is 4.99. The van der Waals surface area contributed by atoms with Crippen LogP contribution in [0.25, 0.3) is 0 Å². The molecule has 1 aliphatic rings. The monoisotopic (exact) mass is 446 g/mol. The van der Waals surface area contributed by atoms with Gasteiger partial charge in [-0.05, 0) is 75.0 Å². The topological polar surface area (TPSA) is 76.7 Å². The summed E-state index contributed by atoms with van der Waals surface area (Å²) >= 11 is 7.08. The number of methoxy groups -OCH3 is 1. The Kier molecular flexibility index (Phi) is 7.44. The van der Waals surface area contributed by atoms with Crippen LogP contribution in [0.2, 0.25) is 0 Å². The van der Waals surface area contributed by atoms with Crippen LogP contribution >= 0.6 is 23.6 Å². The molecule has 1 heterocycles. The summed E-state index contributed by atoms with van der Waals surface area (Å²) in [6, 6.07) is 5.23. The molecule has 0 unspecified atom stereocenters. The summed E-state index contributed by atoms with van der Waals surface area (Å²) in [7, 11) is 1.35. The van der Waals surface area contributed by atoms with Gasteiger partial charge in [0.15, 0.2) is 5.11 Å². The summed E-state index contributed by atoms with van der Waals surface area (Å²) in [6.07, 6.45) is 5.20. The average molecular weight is 447 g/mol. The number of thiophene rings is 1. The van der Waals surface area contributed by atoms with Gasteiger partial charge in [-0.2, -0.15) is 0 Å². The number of aryl methyl sites for hydroxylation is 2. The number of thiocarbonyl (C=S) groups is 1. The number of fused-ring (bicyclic) bond motifs is 1. The normalized spacial score (nSPS) is 13.0. The molecule has 0 amide bonds. The van der Waals surface area contributed by atoms with Crippen molar-refractivity contribution in [3.05, 3.63) is 45.3 Å². The van der Waals surface area contributed by atoms with Gasteiger partial charge in [-0.3, -0.25) is 0 Å². The van der Waals surface area contributed by atoms with Crippen LogP contribution in [0, 0.1) is 6.92 Å². The van der Waals surface area contributed by atoms with Crippen molar-refractivity contribution in [2.24, 2.45) is 0 Å². The van der Waals surface area contributed by atoms with Gasteiger partial charge < -0.3 is 20.1 Å². The maximum Gasteiger partial charge on any atom is 0.341 e. The number of ether oxygens (including phenoxy) is 2. The van der Waals surface area contributed by atoms with Gasteiger partial charge in [-0.1, -0.05) is 12.5 Å². The fraction of sp³-hybridized carbons (Fsp3) is 0.409. The van der Waals surface area contributed by atoms with E-state index in [1.807, 2.05) is 13.0 Å². The van der Waals surface area contributed by atoms with E-state index < -0.39 is 5.97 Å². The molecule has 2 N–H and O–H groups in total. The summed E-state index contributed by atoms with van der Waals surface area (Å²) in [5, 5.41) is 7.38. The summed E-state index contributed by atoms with van der Waals surface area (Å²) in [4.78, 5) is 25.7. The van der Waals surface area contributed by atoms with Crippen molar-refractivity contribution in [2.45, 2.75) is 46.0 Å². The molecule has 0 spiro atoms. The molecule has 1 aromatic carbocycles. The predicted octanol–water partition coefficient (Wildman–Crippen LogP) is 5.10. The van der Waals surface area contributed by atoms with Gasteiger partial charge in [-0.15, -0.1) is 11.3 Å². The molecule has 0 saturated heterocycles. The minimum atomic E-state index is -0.413. The molecule has 1 aliphatic carbocycles. The fourth-order valence-electron chi connectivity index (χ4n) is 3.51. The lowest BCUT2D eigenvalue weighted by Crippen LogP contribution is -2.21. The highest BCUT2D eigenvalue weighted by atomic mass is 32.1. The van der Waals surface area contributed by atoms with E-state index in [0.717, 1.165) is 36.8 Å². The van der Waals surface area contributed by atoms with Gasteiger partial charge in [-0.25, -0.2) is 9.59 Å². The maximum atomic E-state index is 12.7. The first-order chi connectivity index (χ1) is 14.4. The Bertz CT molecular complexity index is 968. The second-order valence-corrected chi connectivity index (χ2v) is 8.60. The SMILES string of the molecule is CCOC(=O)c1c(NC(=S)Nc2cc(C(=O)OC)ccc2C)sc2c1CCCCC2. The third-order valence-corrected chi connectivity index (χ3v) is 6.45. The molecule has 160 valence electrons. The van der Waals surface area contributed by atoms with E-state index in [2.05, 4.69) is 10.6 Å². The van der Waals surface area contributed by atoms with Crippen LogP contribution in [-0.2, 0) is 22.3 Å². The van der Waals surface area contributed by atoms with Crippen molar-refractivity contribution in [2.75, 3.05) is 24.4 Å². The van der Waals surface area contributed by atoms with Crippen LogP contribution in [-0.4, -0.2) is 30.8 Å². The van der Waals surface area contributed by atoms with Gasteiger partial charge in [0, 0.05) is 10.6 Å². The second kappa shape index (κ2) is 10.0. The zero-order valence-electron chi connectivity index (χ0n) is 17.4. The number of carbonyl (C=O) groups is 2. The number of nitrogens with one attached hydrogen (secondary N) is 2. The van der Waals surface area contributed by atoms with Crippen molar-refractivity contribution < 1.29 is 19.1 Å². The second-order valence-electron chi connectivity index (χ2n) is 7.09. The van der Waals surface area contributed by atoms with Crippen LogP contribution in [0.15, 0.2) is 18.2 Å². The van der Waals surface area contributed by atoms with E-state index in [-0.39, 0.29) is 5.97 Å². The fourth-order valence-corrected chi connectivity index (χ4v) is 5.07. The van der Waals surface area contributed by atoms with Crippen molar-refractivity contribution in [1.29, 1.82) is 0 Å². The Balaban J connectivity index is 1.85. The Labute approximate surface area is 186 Å². The number of hydrogen-bond acceptors (Lipinski definition) is 6. The van der Waals surface area contributed by atoms with Crippen LogP contribution in [0.5, 0.6) is 0 Å². The van der Waals surface area contributed by atoms with Crippen LogP contribution in [0.4, 0.5) is 10.7 Å². The minimum absolute atomic E-state index is 0.314. The van der Waals surface area contributed by atoms with Crippen molar-refractivity contribution in [3.63, 3.8) is 0 Å². The Hall–Kier alpha value is -2.45. The lowest BCUT2D eigenvalue weighted by molar-refractivity contribution is 0.0525. The van der Waals surface area contributed by atoms with Gasteiger partial charge in [0.1, 0.15) is 5.00 Å². The predicted molar refractivity (Wildman–Crippen MR) is 124 cm³/mol. The lowest BCUT2D eigenvalue weighted by atomic mass is 10.1. The quantitative estimate of drug-likeness (QED) is 0.376. The molecule has 0 bridgehead atoms. The largest absolute Gasteiger partial charge is 0.465 e. The van der Waals surface area contributed by atoms with Gasteiger partial charge in [0.2, 0.25) is 0 Å². The highest BCUT2D eigenvalue weighted by Crippen LogP contribution is 2.38. The molecule has 0 fully saturated rings. The zero-order valence-corrected chi connectivity index (χ0v) is 19.1. The number of anilines is 2. The van der Waals surface area contributed by atoms with Crippen molar-refractivity contribution >= 4 is 51.3 Å². The smallest absolute Gasteiger partial charge is 0.341 e. The molecule has 30 heavy (non-hydrogen) atoms. The molecule has 0 radical (unpaired) electrons. The van der Waals surface area contributed by atoms with E-state index in [1.54, 1.807) is 30.4 Å². The summed E-state index contributed by atoms with van der Waals surface area (Å²) in [6.45, 7) is 4.05. The van der Waals surface area contributed by atoms with Crippen LogP contribution < -0.4 is 10.6 Å². The highest BCUT2D eigenvalue weighted by molar-refractivity contribution is 7.80. The first kappa shape index (κ1) is 22.2. The first-order valence-electron chi connectivity index (χ1n) is 10.0. The number of rotatable bonds is 5. The molecule has 8 heteroatoms. The standard InChI is InChI=1S/C22H26N2O4S2/c1-4-28-21(26)18-15-8-6-5-7-9-17(15)30-19(18)24-22(29)23-16-12-14(20(25)27-3)11-10-13(16)2/h10-12H,4-9H2,1-3H3,(H2,23,24,29). The molecule has 1 aromatic heterocycles. The summed E-state index contributed by atoms with van der Waals surface area (Å²) in [5.74, 6) is -0.727. The molecule has 2 aromatic rings. The molecule has 3 rings (SSSR count). The molecule has 0 atom stereocenters. The number of esters is 2. The van der Waals surface area contributed by atoms with Gasteiger partial charge >= 0.3 is 11.9 Å². The Morgan fingerprint density at radius 1 is 1.13 bits per heavy atom. The lowest BCUT2D eigenvalue weighted by Gasteiger charge is -2.14. The highest BCUT2D eigenvalue weighted by Gasteiger charge is 2.26. The Morgan fingerprint density at radius 2 is 1.90 bits per heavy atom. The third-order valence-electron chi connectivity index (χ3n) is 5.03. The molecule has 6 nitrogen and oxygen atoms in total. The maximum absolute atomic E-state index is 12.7. The van der Waals surface area contributed by atoms with E-state index >= 15 is 0 Å². The minimum Gasteiger partial charge on any atom is -0.465 e. The molecular formula is C22H26N2O4S2. The molecule has 0 aliphatic heterocycles. The van der Waals surface area contributed by atoms with E-state index in [1.165, 1.54) is 18.4 Å². The zero-order chi connectivity index (χ0) is 21.7. The number of hydrogen-bond donors (Lipinski definition) is 2. The molecular weight excluding hydrogens is 420 g/mol. The van der Waals surface area contributed by atoms with E-state index in [4.69, 9.17) is 21.7 Å². The number of carbonyl (C=O) groups excluding carboxylic acids is 2. The average Bonchev–Trinajstić information content (AvgIpc) is 2.89. The molecule has 0 saturated carbocycles. The van der Waals surface area contributed by atoms with Crippen molar-refractivity contribution in [1.82, 2.24) is 0 Å². The first-order valence-corrected chi connectivity index (χ1v) is 11.3. The number of benzene rings is 1. The van der Waals surface area contributed by atoms with Gasteiger partial charge in [0.25, 0.3) is 0 Å². The van der Waals surface area contributed by atoms with Crippen molar-refractivity contribution in [3.8, 4) is 0 Å². The summed E-state index contributed by atoms with van der Waals surface area (Å²) < 4.78 is 10.1. The summed E-state index contributed by atoms with van der Waals surface area (Å²) in [5.41, 5.74) is 3.75. The van der Waals surface area contributed by atoms with Gasteiger partial charge in [0.05, 0.1) is 24.8 Å². The van der Waals surface area contributed by atoms with Crippen LogP contribution in [0.3, 0.4) is 0 Å².